The normalized spacial score (nSPS) is 10.4. The summed E-state index contributed by atoms with van der Waals surface area (Å²) in [4.78, 5) is 4.19. The maximum absolute atomic E-state index is 5.89. The minimum atomic E-state index is 0.615. The summed E-state index contributed by atoms with van der Waals surface area (Å²) in [5.41, 5.74) is 0.964. The molecule has 1 heterocycles. The third kappa shape index (κ3) is 2.49. The number of hydrogen-bond donors (Lipinski definition) is 1. The van der Waals surface area contributed by atoms with Crippen molar-refractivity contribution in [3.05, 3.63) is 46.5 Å². The van der Waals surface area contributed by atoms with E-state index in [1.54, 1.807) is 6.20 Å². The van der Waals surface area contributed by atoms with Crippen LogP contribution >= 0.6 is 23.2 Å². The molecule has 0 spiro atoms. The molecule has 0 amide bonds. The van der Waals surface area contributed by atoms with Crippen LogP contribution in [0.25, 0.3) is 0 Å². The zero-order chi connectivity index (χ0) is 11.5. The number of nitrogens with one attached hydrogen (secondary N) is 1. The highest BCUT2D eigenvalue weighted by molar-refractivity contribution is 6.30. The molecule has 5 heteroatoms. The van der Waals surface area contributed by atoms with Crippen LogP contribution in [-0.2, 0) is 13.6 Å². The van der Waals surface area contributed by atoms with E-state index in [0.29, 0.717) is 16.7 Å². The largest absolute Gasteiger partial charge is 0.378 e. The maximum Gasteiger partial charge on any atom is 0.128 e. The van der Waals surface area contributed by atoms with E-state index in [0.717, 1.165) is 11.5 Å². The van der Waals surface area contributed by atoms with Gasteiger partial charge in [0.25, 0.3) is 0 Å². The maximum atomic E-state index is 5.89. The van der Waals surface area contributed by atoms with E-state index in [4.69, 9.17) is 23.2 Å². The first kappa shape index (κ1) is 11.3. The van der Waals surface area contributed by atoms with Crippen LogP contribution in [0, 0.1) is 0 Å². The van der Waals surface area contributed by atoms with Crippen LogP contribution in [-0.4, -0.2) is 9.55 Å². The van der Waals surface area contributed by atoms with E-state index in [2.05, 4.69) is 10.3 Å². The first-order chi connectivity index (χ1) is 7.66. The lowest BCUT2D eigenvalue weighted by molar-refractivity contribution is 0.813. The third-order valence-electron chi connectivity index (χ3n) is 2.30. The van der Waals surface area contributed by atoms with Crippen molar-refractivity contribution in [2.45, 2.75) is 6.54 Å². The van der Waals surface area contributed by atoms with Crippen LogP contribution in [0.4, 0.5) is 5.69 Å². The van der Waals surface area contributed by atoms with Crippen LogP contribution in [0.3, 0.4) is 0 Å². The van der Waals surface area contributed by atoms with Gasteiger partial charge < -0.3 is 9.88 Å². The van der Waals surface area contributed by atoms with E-state index in [1.807, 2.05) is 35.9 Å². The van der Waals surface area contributed by atoms with E-state index < -0.39 is 0 Å². The fraction of sp³-hybridized carbons (Fsp3) is 0.182. The Morgan fingerprint density at radius 3 is 2.81 bits per heavy atom. The second-order valence-electron chi connectivity index (χ2n) is 3.42. The van der Waals surface area contributed by atoms with Crippen LogP contribution in [0.15, 0.2) is 30.5 Å². The summed E-state index contributed by atoms with van der Waals surface area (Å²) >= 11 is 11.8. The summed E-state index contributed by atoms with van der Waals surface area (Å²) in [5, 5.41) is 4.57. The van der Waals surface area contributed by atoms with Gasteiger partial charge in [0.15, 0.2) is 0 Å². The molecule has 1 aromatic carbocycles. The molecule has 3 nitrogen and oxygen atoms in total. The van der Waals surface area contributed by atoms with Gasteiger partial charge in [-0.1, -0.05) is 29.3 Å². The first-order valence-corrected chi connectivity index (χ1v) is 5.58. The van der Waals surface area contributed by atoms with Gasteiger partial charge in [-0.15, -0.1) is 0 Å². The highest BCUT2D eigenvalue weighted by Crippen LogP contribution is 2.16. The average Bonchev–Trinajstić information content (AvgIpc) is 2.57. The minimum Gasteiger partial charge on any atom is -0.378 e. The Labute approximate surface area is 104 Å². The standard InChI is InChI=1S/C11H11Cl2N3/c1-16-10(13)6-15-11(16)7-14-9-4-2-3-8(12)5-9/h2-6,14H,7H2,1H3. The van der Waals surface area contributed by atoms with Gasteiger partial charge in [-0.2, -0.15) is 0 Å². The van der Waals surface area contributed by atoms with Crippen LogP contribution in [0.2, 0.25) is 10.2 Å². The molecule has 2 rings (SSSR count). The van der Waals surface area contributed by atoms with E-state index in [1.165, 1.54) is 0 Å². The molecule has 1 N–H and O–H groups in total. The second-order valence-corrected chi connectivity index (χ2v) is 4.24. The zero-order valence-electron chi connectivity index (χ0n) is 8.74. The minimum absolute atomic E-state index is 0.615. The predicted octanol–water partition coefficient (Wildman–Crippen LogP) is 3.34. The van der Waals surface area contributed by atoms with Gasteiger partial charge in [0, 0.05) is 17.8 Å². The van der Waals surface area contributed by atoms with Crippen molar-refractivity contribution < 1.29 is 0 Å². The molecule has 0 saturated heterocycles. The Kier molecular flexibility index (Phi) is 3.36. The number of hydrogen-bond acceptors (Lipinski definition) is 2. The molecule has 0 aliphatic carbocycles. The number of imidazole rings is 1. The summed E-state index contributed by atoms with van der Waals surface area (Å²) < 4.78 is 1.83. The van der Waals surface area contributed by atoms with Crippen molar-refractivity contribution in [1.82, 2.24) is 9.55 Å². The summed E-state index contributed by atoms with van der Waals surface area (Å²) in [6, 6.07) is 7.56. The van der Waals surface area contributed by atoms with Crippen molar-refractivity contribution in [2.24, 2.45) is 7.05 Å². The number of aromatic nitrogens is 2. The molecule has 0 unspecified atom stereocenters. The fourth-order valence-corrected chi connectivity index (χ4v) is 1.70. The Balaban J connectivity index is 2.05. The van der Waals surface area contributed by atoms with E-state index in [-0.39, 0.29) is 0 Å². The topological polar surface area (TPSA) is 29.9 Å². The molecular formula is C11H11Cl2N3. The molecular weight excluding hydrogens is 245 g/mol. The van der Waals surface area contributed by atoms with Gasteiger partial charge in [0.1, 0.15) is 11.0 Å². The molecule has 1 aromatic heterocycles. The average molecular weight is 256 g/mol. The van der Waals surface area contributed by atoms with E-state index >= 15 is 0 Å². The zero-order valence-corrected chi connectivity index (χ0v) is 10.3. The number of halogens is 2. The van der Waals surface area contributed by atoms with Gasteiger partial charge in [-0.05, 0) is 18.2 Å². The predicted molar refractivity (Wildman–Crippen MR) is 67.0 cm³/mol. The quantitative estimate of drug-likeness (QED) is 0.912. The summed E-state index contributed by atoms with van der Waals surface area (Å²) in [6.07, 6.45) is 1.64. The molecule has 2 aromatic rings. The van der Waals surface area contributed by atoms with Gasteiger partial charge in [0.2, 0.25) is 0 Å². The third-order valence-corrected chi connectivity index (χ3v) is 2.89. The van der Waals surface area contributed by atoms with Crippen molar-refractivity contribution in [2.75, 3.05) is 5.32 Å². The van der Waals surface area contributed by atoms with Gasteiger partial charge in [0.05, 0.1) is 12.7 Å². The Bertz CT molecular complexity index is 494. The molecule has 16 heavy (non-hydrogen) atoms. The smallest absolute Gasteiger partial charge is 0.128 e. The lowest BCUT2D eigenvalue weighted by Gasteiger charge is -2.06. The number of anilines is 1. The Morgan fingerprint density at radius 1 is 1.38 bits per heavy atom. The van der Waals surface area contributed by atoms with Gasteiger partial charge >= 0.3 is 0 Å². The monoisotopic (exact) mass is 255 g/mol. The SMILES string of the molecule is Cn1c(Cl)cnc1CNc1cccc(Cl)c1. The molecule has 0 fully saturated rings. The van der Waals surface area contributed by atoms with E-state index in [9.17, 15) is 0 Å². The van der Waals surface area contributed by atoms with Crippen molar-refractivity contribution >= 4 is 28.9 Å². The summed E-state index contributed by atoms with van der Waals surface area (Å²) in [5.74, 6) is 0.880. The van der Waals surface area contributed by atoms with Crippen LogP contribution < -0.4 is 5.32 Å². The highest BCUT2D eigenvalue weighted by atomic mass is 35.5. The molecule has 84 valence electrons. The number of rotatable bonds is 3. The Morgan fingerprint density at radius 2 is 2.19 bits per heavy atom. The molecule has 0 aliphatic rings. The Hall–Kier alpha value is -1.19. The summed E-state index contributed by atoms with van der Waals surface area (Å²) in [6.45, 7) is 0.615. The highest BCUT2D eigenvalue weighted by Gasteiger charge is 2.03. The molecule has 0 atom stereocenters. The lowest BCUT2D eigenvalue weighted by atomic mass is 10.3. The van der Waals surface area contributed by atoms with Crippen LogP contribution in [0.1, 0.15) is 5.82 Å². The van der Waals surface area contributed by atoms with Crippen molar-refractivity contribution in [3.8, 4) is 0 Å². The summed E-state index contributed by atoms with van der Waals surface area (Å²) in [7, 11) is 1.88. The second kappa shape index (κ2) is 4.76. The fourth-order valence-electron chi connectivity index (χ4n) is 1.37. The van der Waals surface area contributed by atoms with Crippen molar-refractivity contribution in [3.63, 3.8) is 0 Å². The molecule has 0 aliphatic heterocycles. The molecule has 0 saturated carbocycles. The van der Waals surface area contributed by atoms with Crippen molar-refractivity contribution in [1.29, 1.82) is 0 Å². The molecule has 0 bridgehead atoms. The van der Waals surface area contributed by atoms with Gasteiger partial charge in [-0.3, -0.25) is 0 Å². The lowest BCUT2D eigenvalue weighted by Crippen LogP contribution is -2.05. The number of benzene rings is 1. The van der Waals surface area contributed by atoms with Crippen LogP contribution in [0.5, 0.6) is 0 Å². The molecule has 0 radical (unpaired) electrons. The number of nitrogens with zero attached hydrogens (tertiary/aromatic N) is 2. The first-order valence-electron chi connectivity index (χ1n) is 4.82. The van der Waals surface area contributed by atoms with Gasteiger partial charge in [-0.25, -0.2) is 4.98 Å².